The van der Waals surface area contributed by atoms with Gasteiger partial charge in [-0.3, -0.25) is 14.5 Å². The molecule has 5 heteroatoms. The number of ether oxygens (including phenoxy) is 1. The number of nitrogens with zero attached hydrogens (tertiary/aromatic N) is 1. The number of aryl methyl sites for hydroxylation is 1. The topological polar surface area (TPSA) is 66.8 Å². The van der Waals surface area contributed by atoms with E-state index in [9.17, 15) is 14.7 Å². The average molecular weight is 275 g/mol. The Morgan fingerprint density at radius 3 is 2.70 bits per heavy atom. The molecule has 0 radical (unpaired) electrons. The van der Waals surface area contributed by atoms with Crippen LogP contribution in [0.3, 0.4) is 0 Å². The second-order valence-electron chi connectivity index (χ2n) is 5.61. The summed E-state index contributed by atoms with van der Waals surface area (Å²) in [7, 11) is 0. The number of carbonyl (C=O) groups excluding carboxylic acids is 2. The lowest BCUT2D eigenvalue weighted by Crippen LogP contribution is -2.49. The number of aliphatic hydroxyl groups is 1. The normalized spacial score (nSPS) is 29.1. The largest absolute Gasteiger partial charge is 0.385 e. The van der Waals surface area contributed by atoms with Crippen molar-refractivity contribution in [2.24, 2.45) is 0 Å². The molecule has 0 aromatic heterocycles. The number of fused-ring (bicyclic) bond motifs is 1. The van der Waals surface area contributed by atoms with Crippen molar-refractivity contribution in [1.82, 2.24) is 4.90 Å². The van der Waals surface area contributed by atoms with Crippen LogP contribution in [0.15, 0.2) is 18.2 Å². The van der Waals surface area contributed by atoms with Crippen molar-refractivity contribution >= 4 is 11.8 Å². The number of benzene rings is 1. The van der Waals surface area contributed by atoms with Crippen molar-refractivity contribution in [2.75, 3.05) is 13.2 Å². The maximum absolute atomic E-state index is 12.3. The molecule has 1 N–H and O–H groups in total. The fraction of sp³-hybridized carbons (Fsp3) is 0.467. The van der Waals surface area contributed by atoms with Gasteiger partial charge in [0.25, 0.3) is 11.8 Å². The van der Waals surface area contributed by atoms with Crippen LogP contribution in [0.2, 0.25) is 0 Å². The van der Waals surface area contributed by atoms with Gasteiger partial charge in [-0.15, -0.1) is 0 Å². The maximum Gasteiger partial charge on any atom is 0.261 e. The molecular weight excluding hydrogens is 258 g/mol. The summed E-state index contributed by atoms with van der Waals surface area (Å²) in [4.78, 5) is 25.8. The fourth-order valence-corrected chi connectivity index (χ4v) is 2.80. The summed E-state index contributed by atoms with van der Waals surface area (Å²) >= 11 is 0. The number of β-amino-alcohol motifs (C(OH)–C–C–N with tert-alkyl or cyclic N) is 1. The van der Waals surface area contributed by atoms with Crippen molar-refractivity contribution in [3.8, 4) is 0 Å². The van der Waals surface area contributed by atoms with Crippen molar-refractivity contribution in [3.63, 3.8) is 0 Å². The lowest BCUT2D eigenvalue weighted by molar-refractivity contribution is -0.0405. The SMILES string of the molecule is Cc1ccc2c(c1)C(=O)N(CC1(O)CCOC1C)C2=O. The molecule has 0 aliphatic carbocycles. The third-order valence-corrected chi connectivity index (χ3v) is 4.22. The minimum Gasteiger partial charge on any atom is -0.385 e. The molecule has 2 amide bonds. The molecule has 5 nitrogen and oxygen atoms in total. The third-order valence-electron chi connectivity index (χ3n) is 4.22. The van der Waals surface area contributed by atoms with Gasteiger partial charge >= 0.3 is 0 Å². The number of hydrogen-bond donors (Lipinski definition) is 1. The van der Waals surface area contributed by atoms with E-state index in [0.29, 0.717) is 24.2 Å². The van der Waals surface area contributed by atoms with E-state index >= 15 is 0 Å². The van der Waals surface area contributed by atoms with E-state index in [2.05, 4.69) is 0 Å². The van der Waals surface area contributed by atoms with E-state index in [-0.39, 0.29) is 24.5 Å². The molecule has 2 heterocycles. The fourth-order valence-electron chi connectivity index (χ4n) is 2.80. The Morgan fingerprint density at radius 2 is 2.05 bits per heavy atom. The van der Waals surface area contributed by atoms with Gasteiger partial charge in [0, 0.05) is 13.0 Å². The van der Waals surface area contributed by atoms with Crippen LogP contribution in [-0.2, 0) is 4.74 Å². The van der Waals surface area contributed by atoms with Crippen LogP contribution in [-0.4, -0.2) is 46.7 Å². The van der Waals surface area contributed by atoms with Crippen molar-refractivity contribution in [3.05, 3.63) is 34.9 Å². The zero-order valence-electron chi connectivity index (χ0n) is 11.5. The summed E-state index contributed by atoms with van der Waals surface area (Å²) < 4.78 is 5.35. The van der Waals surface area contributed by atoms with Gasteiger partial charge < -0.3 is 9.84 Å². The van der Waals surface area contributed by atoms with Crippen LogP contribution in [0.25, 0.3) is 0 Å². The lowest BCUT2D eigenvalue weighted by atomic mass is 9.96. The molecule has 2 aliphatic heterocycles. The molecule has 1 aromatic carbocycles. The Balaban J connectivity index is 1.90. The first kappa shape index (κ1) is 13.3. The Hall–Kier alpha value is -1.72. The van der Waals surface area contributed by atoms with Gasteiger partial charge in [0.1, 0.15) is 5.60 Å². The summed E-state index contributed by atoms with van der Waals surface area (Å²) in [6.07, 6.45) is 0.0502. The Kier molecular flexibility index (Phi) is 2.92. The Morgan fingerprint density at radius 1 is 1.35 bits per heavy atom. The molecule has 0 spiro atoms. The van der Waals surface area contributed by atoms with Crippen LogP contribution in [0, 0.1) is 6.92 Å². The smallest absolute Gasteiger partial charge is 0.261 e. The number of imide groups is 1. The van der Waals surface area contributed by atoms with Crippen molar-refractivity contribution in [1.29, 1.82) is 0 Å². The molecule has 1 saturated heterocycles. The van der Waals surface area contributed by atoms with E-state index in [4.69, 9.17) is 4.74 Å². The van der Waals surface area contributed by atoms with Gasteiger partial charge in [0.15, 0.2) is 0 Å². The molecule has 2 unspecified atom stereocenters. The van der Waals surface area contributed by atoms with Gasteiger partial charge in [0.05, 0.1) is 23.8 Å². The standard InChI is InChI=1S/C15H17NO4/c1-9-3-4-11-12(7-9)14(18)16(13(11)17)8-15(19)5-6-20-10(15)2/h3-4,7,10,19H,5-6,8H2,1-2H3. The molecule has 2 aliphatic rings. The van der Waals surface area contributed by atoms with Gasteiger partial charge in [-0.05, 0) is 26.0 Å². The minimum absolute atomic E-state index is 0.0143. The first-order chi connectivity index (χ1) is 9.42. The van der Waals surface area contributed by atoms with Crippen LogP contribution >= 0.6 is 0 Å². The minimum atomic E-state index is -1.15. The van der Waals surface area contributed by atoms with Crippen molar-refractivity contribution < 1.29 is 19.4 Å². The number of amides is 2. The quantitative estimate of drug-likeness (QED) is 0.822. The number of hydrogen-bond acceptors (Lipinski definition) is 4. The van der Waals surface area contributed by atoms with Gasteiger partial charge in [-0.25, -0.2) is 0 Å². The molecule has 20 heavy (non-hydrogen) atoms. The Labute approximate surface area is 117 Å². The summed E-state index contributed by atoms with van der Waals surface area (Å²) in [5.41, 5.74) is 0.617. The molecule has 1 aromatic rings. The van der Waals surface area contributed by atoms with Crippen LogP contribution in [0.4, 0.5) is 0 Å². The first-order valence-electron chi connectivity index (χ1n) is 6.73. The molecule has 106 valence electrons. The van der Waals surface area contributed by atoms with Gasteiger partial charge in [-0.2, -0.15) is 0 Å². The van der Waals surface area contributed by atoms with E-state index in [1.165, 1.54) is 0 Å². The van der Waals surface area contributed by atoms with E-state index in [1.54, 1.807) is 19.1 Å². The summed E-state index contributed by atoms with van der Waals surface area (Å²) in [5.74, 6) is -0.668. The number of rotatable bonds is 2. The molecule has 2 atom stereocenters. The van der Waals surface area contributed by atoms with Crippen LogP contribution in [0.1, 0.15) is 39.6 Å². The maximum atomic E-state index is 12.3. The highest BCUT2D eigenvalue weighted by atomic mass is 16.5. The van der Waals surface area contributed by atoms with Gasteiger partial charge in [0.2, 0.25) is 0 Å². The molecular formula is C15H17NO4. The molecule has 3 rings (SSSR count). The van der Waals surface area contributed by atoms with E-state index in [1.807, 2.05) is 13.0 Å². The van der Waals surface area contributed by atoms with Gasteiger partial charge in [-0.1, -0.05) is 11.6 Å². The monoisotopic (exact) mass is 275 g/mol. The predicted octanol–water partition coefficient (Wildman–Crippen LogP) is 1.13. The molecule has 0 saturated carbocycles. The highest BCUT2D eigenvalue weighted by Crippen LogP contribution is 2.31. The number of carbonyl (C=O) groups is 2. The summed E-state index contributed by atoms with van der Waals surface area (Å²) in [6, 6.07) is 5.20. The van der Waals surface area contributed by atoms with Crippen LogP contribution in [0.5, 0.6) is 0 Å². The van der Waals surface area contributed by atoms with Crippen LogP contribution < -0.4 is 0 Å². The average Bonchev–Trinajstić information content (AvgIpc) is 2.84. The lowest BCUT2D eigenvalue weighted by Gasteiger charge is -2.29. The second kappa shape index (κ2) is 4.40. The highest BCUT2D eigenvalue weighted by molar-refractivity contribution is 6.21. The summed E-state index contributed by atoms with van der Waals surface area (Å²) in [5, 5.41) is 10.5. The second-order valence-corrected chi connectivity index (χ2v) is 5.61. The summed E-state index contributed by atoms with van der Waals surface area (Å²) in [6.45, 7) is 4.07. The first-order valence-corrected chi connectivity index (χ1v) is 6.73. The molecule has 1 fully saturated rings. The predicted molar refractivity (Wildman–Crippen MR) is 71.5 cm³/mol. The molecule has 0 bridgehead atoms. The Bertz CT molecular complexity index is 598. The van der Waals surface area contributed by atoms with E-state index < -0.39 is 5.60 Å². The third kappa shape index (κ3) is 1.85. The van der Waals surface area contributed by atoms with Crippen molar-refractivity contribution in [2.45, 2.75) is 32.0 Å². The zero-order chi connectivity index (χ0) is 14.5. The zero-order valence-corrected chi connectivity index (χ0v) is 11.5. The van der Waals surface area contributed by atoms with E-state index in [0.717, 1.165) is 10.5 Å². The highest BCUT2D eigenvalue weighted by Gasteiger charge is 2.46.